The Balaban J connectivity index is 1.71. The predicted molar refractivity (Wildman–Crippen MR) is 156 cm³/mol. The van der Waals surface area contributed by atoms with Gasteiger partial charge in [0.25, 0.3) is 10.0 Å². The van der Waals surface area contributed by atoms with Gasteiger partial charge in [0.05, 0.1) is 10.6 Å². The van der Waals surface area contributed by atoms with Crippen LogP contribution in [0, 0.1) is 5.82 Å². The molecule has 218 valence electrons. The largest absolute Gasteiger partial charge is 0.486 e. The fraction of sp³-hybridized carbons (Fsp3) is 0.310. The standard InChI is InChI=1S/C29H31BrFN3O6S/c1-3-14-32-29(36)20(2)33(18-21-4-6-22(30)7-5-21)28(35)19-34(24-10-8-23(31)9-11-24)41(37,38)25-12-13-26-27(17-25)40-16-15-39-26/h4-13,17,20H,3,14-16,18-19H2,1-2H3,(H,32,36)/t20-/m1/s1. The van der Waals surface area contributed by atoms with Gasteiger partial charge in [-0.15, -0.1) is 0 Å². The second-order valence-corrected chi connectivity index (χ2v) is 12.2. The van der Waals surface area contributed by atoms with Gasteiger partial charge < -0.3 is 19.7 Å². The van der Waals surface area contributed by atoms with E-state index in [0.717, 1.165) is 26.5 Å². The first-order valence-corrected chi connectivity index (χ1v) is 15.3. The molecule has 3 aromatic carbocycles. The first kappa shape index (κ1) is 30.3. The Hall–Kier alpha value is -3.64. The van der Waals surface area contributed by atoms with Crippen molar-refractivity contribution in [3.05, 3.63) is 82.6 Å². The molecule has 0 aromatic heterocycles. The van der Waals surface area contributed by atoms with Crippen molar-refractivity contribution in [1.82, 2.24) is 10.2 Å². The summed E-state index contributed by atoms with van der Waals surface area (Å²) in [6.45, 7) is 3.98. The van der Waals surface area contributed by atoms with Gasteiger partial charge in [0.2, 0.25) is 11.8 Å². The molecule has 0 aliphatic carbocycles. The third-order valence-corrected chi connectivity index (χ3v) is 8.78. The number of ether oxygens (including phenoxy) is 2. The maximum Gasteiger partial charge on any atom is 0.264 e. The highest BCUT2D eigenvalue weighted by atomic mass is 79.9. The van der Waals surface area contributed by atoms with Gasteiger partial charge in [0, 0.05) is 23.6 Å². The zero-order chi connectivity index (χ0) is 29.6. The summed E-state index contributed by atoms with van der Waals surface area (Å²) in [4.78, 5) is 28.0. The maximum atomic E-state index is 14.0. The second-order valence-electron chi connectivity index (χ2n) is 9.41. The van der Waals surface area contributed by atoms with Crippen molar-refractivity contribution in [2.24, 2.45) is 0 Å². The molecule has 0 saturated heterocycles. The predicted octanol–water partition coefficient (Wildman–Crippen LogP) is 4.50. The van der Waals surface area contributed by atoms with Crippen LogP contribution in [0.2, 0.25) is 0 Å². The first-order chi connectivity index (χ1) is 19.6. The van der Waals surface area contributed by atoms with Crippen molar-refractivity contribution in [3.8, 4) is 11.5 Å². The molecule has 0 unspecified atom stereocenters. The van der Waals surface area contributed by atoms with Crippen LogP contribution in [0.5, 0.6) is 11.5 Å². The molecule has 1 aliphatic heterocycles. The van der Waals surface area contributed by atoms with E-state index in [-0.39, 0.29) is 35.4 Å². The minimum absolute atomic E-state index is 0.0636. The van der Waals surface area contributed by atoms with Gasteiger partial charge in [-0.05, 0) is 67.4 Å². The summed E-state index contributed by atoms with van der Waals surface area (Å²) in [6, 6.07) is 15.4. The van der Waals surface area contributed by atoms with Crippen molar-refractivity contribution in [3.63, 3.8) is 0 Å². The number of nitrogens with one attached hydrogen (secondary N) is 1. The van der Waals surface area contributed by atoms with Crippen LogP contribution < -0.4 is 19.1 Å². The van der Waals surface area contributed by atoms with Crippen LogP contribution in [0.4, 0.5) is 10.1 Å². The summed E-state index contributed by atoms with van der Waals surface area (Å²) in [5, 5.41) is 2.80. The van der Waals surface area contributed by atoms with Gasteiger partial charge >= 0.3 is 0 Å². The highest BCUT2D eigenvalue weighted by Gasteiger charge is 2.33. The monoisotopic (exact) mass is 647 g/mol. The molecule has 3 aromatic rings. The number of nitrogens with zero attached hydrogens (tertiary/aromatic N) is 2. The van der Waals surface area contributed by atoms with Crippen LogP contribution in [0.1, 0.15) is 25.8 Å². The Morgan fingerprint density at radius 2 is 1.66 bits per heavy atom. The van der Waals surface area contributed by atoms with Crippen molar-refractivity contribution in [2.75, 3.05) is 30.6 Å². The molecule has 1 atom stereocenters. The van der Waals surface area contributed by atoms with Gasteiger partial charge in [-0.25, -0.2) is 12.8 Å². The first-order valence-electron chi connectivity index (χ1n) is 13.1. The zero-order valence-electron chi connectivity index (χ0n) is 22.7. The van der Waals surface area contributed by atoms with Gasteiger partial charge in [-0.1, -0.05) is 35.0 Å². The van der Waals surface area contributed by atoms with E-state index in [9.17, 15) is 22.4 Å². The summed E-state index contributed by atoms with van der Waals surface area (Å²) in [7, 11) is -4.35. The number of carbonyl (C=O) groups excluding carboxylic acids is 2. The number of hydrogen-bond acceptors (Lipinski definition) is 6. The van der Waals surface area contributed by atoms with Crippen molar-refractivity contribution < 1.29 is 31.9 Å². The zero-order valence-corrected chi connectivity index (χ0v) is 25.1. The van der Waals surface area contributed by atoms with Gasteiger partial charge in [0.15, 0.2) is 11.5 Å². The third kappa shape index (κ3) is 7.36. The summed E-state index contributed by atoms with van der Waals surface area (Å²) < 4.78 is 54.6. The molecule has 2 amide bonds. The Morgan fingerprint density at radius 3 is 2.32 bits per heavy atom. The molecule has 1 heterocycles. The molecule has 0 fully saturated rings. The molecule has 1 N–H and O–H groups in total. The van der Waals surface area contributed by atoms with Crippen molar-refractivity contribution >= 4 is 43.5 Å². The van der Waals surface area contributed by atoms with Crippen LogP contribution in [0.15, 0.2) is 76.1 Å². The molecule has 41 heavy (non-hydrogen) atoms. The molecule has 0 bridgehead atoms. The Labute approximate surface area is 247 Å². The van der Waals surface area contributed by atoms with E-state index in [1.54, 1.807) is 6.92 Å². The van der Waals surface area contributed by atoms with Crippen molar-refractivity contribution in [2.45, 2.75) is 37.8 Å². The van der Waals surface area contributed by atoms with Crippen LogP contribution in [-0.4, -0.2) is 57.5 Å². The number of anilines is 1. The highest BCUT2D eigenvalue weighted by Crippen LogP contribution is 2.34. The number of rotatable bonds is 11. The number of halogens is 2. The molecule has 0 spiro atoms. The average Bonchev–Trinajstić information content (AvgIpc) is 2.98. The summed E-state index contributed by atoms with van der Waals surface area (Å²) in [5.74, 6) is -0.860. The molecule has 12 heteroatoms. The van der Waals surface area contributed by atoms with Crippen LogP contribution in [-0.2, 0) is 26.2 Å². The number of amides is 2. The van der Waals surface area contributed by atoms with E-state index in [4.69, 9.17) is 9.47 Å². The maximum absolute atomic E-state index is 14.0. The molecule has 9 nitrogen and oxygen atoms in total. The van der Waals surface area contributed by atoms with Crippen LogP contribution >= 0.6 is 15.9 Å². The lowest BCUT2D eigenvalue weighted by molar-refractivity contribution is -0.139. The lowest BCUT2D eigenvalue weighted by Gasteiger charge is -2.32. The fourth-order valence-electron chi connectivity index (χ4n) is 4.21. The third-order valence-electron chi connectivity index (χ3n) is 6.48. The molecule has 1 aliphatic rings. The topological polar surface area (TPSA) is 105 Å². The lowest BCUT2D eigenvalue weighted by atomic mass is 10.1. The van der Waals surface area contributed by atoms with E-state index in [2.05, 4.69) is 21.2 Å². The van der Waals surface area contributed by atoms with Gasteiger partial charge in [0.1, 0.15) is 31.6 Å². The average molecular weight is 649 g/mol. The highest BCUT2D eigenvalue weighted by molar-refractivity contribution is 9.10. The smallest absolute Gasteiger partial charge is 0.264 e. The summed E-state index contributed by atoms with van der Waals surface area (Å²) in [6.07, 6.45) is 0.714. The number of benzene rings is 3. The summed E-state index contributed by atoms with van der Waals surface area (Å²) >= 11 is 3.39. The van der Waals surface area contributed by atoms with E-state index < -0.39 is 34.3 Å². The molecule has 0 saturated carbocycles. The van der Waals surface area contributed by atoms with Crippen LogP contribution in [0.3, 0.4) is 0 Å². The molecule has 4 rings (SSSR count). The Bertz CT molecular complexity index is 1490. The Morgan fingerprint density at radius 1 is 1.00 bits per heavy atom. The second kappa shape index (κ2) is 13.3. The number of carbonyl (C=O) groups is 2. The lowest BCUT2D eigenvalue weighted by Crippen LogP contribution is -2.51. The summed E-state index contributed by atoms with van der Waals surface area (Å²) in [5.41, 5.74) is 0.834. The van der Waals surface area contributed by atoms with E-state index in [1.807, 2.05) is 31.2 Å². The quantitative estimate of drug-likeness (QED) is 0.329. The minimum atomic E-state index is -4.35. The van der Waals surface area contributed by atoms with E-state index >= 15 is 0 Å². The number of hydrogen-bond donors (Lipinski definition) is 1. The number of fused-ring (bicyclic) bond motifs is 1. The molecular weight excluding hydrogens is 617 g/mol. The fourth-order valence-corrected chi connectivity index (χ4v) is 5.91. The minimum Gasteiger partial charge on any atom is -0.486 e. The van der Waals surface area contributed by atoms with E-state index in [1.165, 1.54) is 35.2 Å². The normalized spacial score (nSPS) is 13.3. The van der Waals surface area contributed by atoms with Gasteiger partial charge in [-0.3, -0.25) is 13.9 Å². The number of sulfonamides is 1. The van der Waals surface area contributed by atoms with Crippen LogP contribution in [0.25, 0.3) is 0 Å². The van der Waals surface area contributed by atoms with Crippen molar-refractivity contribution in [1.29, 1.82) is 0 Å². The Kier molecular flexibility index (Phi) is 9.87. The molecule has 0 radical (unpaired) electrons. The van der Waals surface area contributed by atoms with Gasteiger partial charge in [-0.2, -0.15) is 0 Å². The van der Waals surface area contributed by atoms with E-state index in [0.29, 0.717) is 25.3 Å². The molecular formula is C29H31BrFN3O6S. The SMILES string of the molecule is CCCNC(=O)[C@@H](C)N(Cc1ccc(Br)cc1)C(=O)CN(c1ccc(F)cc1)S(=O)(=O)c1ccc2c(c1)OCCO2.